The first-order valence-electron chi connectivity index (χ1n) is 9.85. The van der Waals surface area contributed by atoms with Crippen LogP contribution in [0.4, 0.5) is 4.79 Å². The Morgan fingerprint density at radius 1 is 1.12 bits per heavy atom. The lowest BCUT2D eigenvalue weighted by molar-refractivity contribution is -0.0682. The summed E-state index contributed by atoms with van der Waals surface area (Å²) in [6.45, 7) is 3.23. The van der Waals surface area contributed by atoms with Gasteiger partial charge in [-0.2, -0.15) is 0 Å². The molecule has 136 valence electrons. The maximum absolute atomic E-state index is 12.3. The summed E-state index contributed by atoms with van der Waals surface area (Å²) in [5, 5.41) is 6.17. The first-order valence-corrected chi connectivity index (χ1v) is 9.85. The Morgan fingerprint density at radius 3 is 2.32 bits per heavy atom. The number of benzene rings is 1. The Kier molecular flexibility index (Phi) is 4.61. The van der Waals surface area contributed by atoms with Crippen molar-refractivity contribution < 1.29 is 9.53 Å². The van der Waals surface area contributed by atoms with Crippen molar-refractivity contribution >= 4 is 6.03 Å². The molecule has 0 aliphatic heterocycles. The summed E-state index contributed by atoms with van der Waals surface area (Å²) in [5.74, 6) is 3.58. The van der Waals surface area contributed by atoms with Crippen molar-refractivity contribution in [2.75, 3.05) is 13.2 Å². The van der Waals surface area contributed by atoms with E-state index in [1.165, 1.54) is 38.5 Å². The number of hydrogen-bond donors (Lipinski definition) is 2. The number of carbonyl (C=O) groups excluding carboxylic acids is 1. The van der Waals surface area contributed by atoms with Crippen LogP contribution in [0.2, 0.25) is 0 Å². The third-order valence-electron chi connectivity index (χ3n) is 6.75. The Bertz CT molecular complexity index is 566. The average Bonchev–Trinajstić information content (AvgIpc) is 2.58. The second-order valence-corrected chi connectivity index (χ2v) is 8.56. The third kappa shape index (κ3) is 3.63. The monoisotopic (exact) mass is 342 g/mol. The van der Waals surface area contributed by atoms with E-state index in [4.69, 9.17) is 4.74 Å². The molecule has 0 saturated heterocycles. The Labute approximate surface area is 150 Å². The predicted octanol–water partition coefficient (Wildman–Crippen LogP) is 3.97. The lowest BCUT2D eigenvalue weighted by Gasteiger charge is -2.59. The van der Waals surface area contributed by atoms with Crippen molar-refractivity contribution in [2.24, 2.45) is 23.2 Å². The molecule has 4 aliphatic carbocycles. The van der Waals surface area contributed by atoms with Gasteiger partial charge in [0.2, 0.25) is 0 Å². The van der Waals surface area contributed by atoms with Crippen molar-refractivity contribution in [3.63, 3.8) is 0 Å². The predicted molar refractivity (Wildman–Crippen MR) is 98.5 cm³/mol. The standard InChI is InChI=1S/C21H30N2O2/c1-15(21-12-16-9-17(13-21)11-18(10-16)14-21)23-20(24)22-7-8-25-19-5-3-2-4-6-19/h2-6,15-18H,7-14H2,1H3,(H2,22,23,24). The molecule has 25 heavy (non-hydrogen) atoms. The van der Waals surface area contributed by atoms with Gasteiger partial charge in [0.25, 0.3) is 0 Å². The van der Waals surface area contributed by atoms with Crippen LogP contribution in [-0.4, -0.2) is 25.2 Å². The minimum Gasteiger partial charge on any atom is -0.492 e. The van der Waals surface area contributed by atoms with Crippen LogP contribution in [0.25, 0.3) is 0 Å². The van der Waals surface area contributed by atoms with E-state index >= 15 is 0 Å². The molecule has 2 amide bonds. The maximum Gasteiger partial charge on any atom is 0.315 e. The van der Waals surface area contributed by atoms with E-state index in [2.05, 4.69) is 17.6 Å². The van der Waals surface area contributed by atoms with E-state index in [9.17, 15) is 4.79 Å². The van der Waals surface area contributed by atoms with Gasteiger partial charge in [-0.25, -0.2) is 4.79 Å². The zero-order valence-electron chi connectivity index (χ0n) is 15.2. The van der Waals surface area contributed by atoms with Crippen LogP contribution < -0.4 is 15.4 Å². The zero-order chi connectivity index (χ0) is 17.3. The third-order valence-corrected chi connectivity index (χ3v) is 6.75. The Balaban J connectivity index is 1.22. The van der Waals surface area contributed by atoms with Crippen LogP contribution in [0, 0.1) is 23.2 Å². The number of rotatable bonds is 6. The number of para-hydroxylation sites is 1. The van der Waals surface area contributed by atoms with E-state index in [-0.39, 0.29) is 12.1 Å². The minimum atomic E-state index is -0.0556. The lowest BCUT2D eigenvalue weighted by Crippen LogP contribution is -2.57. The van der Waals surface area contributed by atoms with Gasteiger partial charge in [-0.1, -0.05) is 18.2 Å². The highest BCUT2D eigenvalue weighted by Crippen LogP contribution is 2.61. The molecule has 0 aromatic heterocycles. The molecule has 4 aliphatic rings. The van der Waals surface area contributed by atoms with E-state index in [0.717, 1.165) is 23.5 Å². The molecule has 0 radical (unpaired) electrons. The van der Waals surface area contributed by atoms with Crippen molar-refractivity contribution in [3.8, 4) is 5.75 Å². The second kappa shape index (κ2) is 6.89. The maximum atomic E-state index is 12.3. The first-order chi connectivity index (χ1) is 12.1. The Morgan fingerprint density at radius 2 is 1.72 bits per heavy atom. The number of hydrogen-bond acceptors (Lipinski definition) is 2. The number of amides is 2. The van der Waals surface area contributed by atoms with Crippen LogP contribution in [0.15, 0.2) is 30.3 Å². The molecule has 0 spiro atoms. The summed E-state index contributed by atoms with van der Waals surface area (Å²) in [6, 6.07) is 9.91. The average molecular weight is 342 g/mol. The minimum absolute atomic E-state index is 0.0556. The van der Waals surface area contributed by atoms with Gasteiger partial charge in [0.05, 0.1) is 6.54 Å². The van der Waals surface area contributed by atoms with Crippen LogP contribution >= 0.6 is 0 Å². The van der Waals surface area contributed by atoms with E-state index in [1.54, 1.807) is 0 Å². The van der Waals surface area contributed by atoms with Crippen molar-refractivity contribution in [2.45, 2.75) is 51.5 Å². The molecule has 5 rings (SSSR count). The van der Waals surface area contributed by atoms with Crippen LogP contribution in [0.5, 0.6) is 5.75 Å². The number of ether oxygens (including phenoxy) is 1. The normalized spacial score (nSPS) is 33.7. The molecule has 1 atom stereocenters. The Hall–Kier alpha value is -1.71. The fraction of sp³-hybridized carbons (Fsp3) is 0.667. The molecular weight excluding hydrogens is 312 g/mol. The molecule has 4 saturated carbocycles. The van der Waals surface area contributed by atoms with Crippen molar-refractivity contribution in [3.05, 3.63) is 30.3 Å². The van der Waals surface area contributed by atoms with Crippen molar-refractivity contribution in [1.82, 2.24) is 10.6 Å². The van der Waals surface area contributed by atoms with Crippen molar-refractivity contribution in [1.29, 1.82) is 0 Å². The number of carbonyl (C=O) groups is 1. The molecule has 1 aromatic rings. The molecule has 4 heteroatoms. The molecule has 4 fully saturated rings. The molecule has 1 aromatic carbocycles. The summed E-state index contributed by atoms with van der Waals surface area (Å²) in [5.41, 5.74) is 0.354. The highest BCUT2D eigenvalue weighted by molar-refractivity contribution is 5.74. The summed E-state index contributed by atoms with van der Waals surface area (Å²) < 4.78 is 5.62. The summed E-state index contributed by atoms with van der Waals surface area (Å²) in [4.78, 5) is 12.3. The van der Waals surface area contributed by atoms with Crippen LogP contribution in [0.3, 0.4) is 0 Å². The SMILES string of the molecule is CC(NC(=O)NCCOc1ccccc1)C12CC3CC(CC(C3)C1)C2. The summed E-state index contributed by atoms with van der Waals surface area (Å²) in [6.07, 6.45) is 8.27. The van der Waals surface area contributed by atoms with E-state index in [0.29, 0.717) is 18.6 Å². The van der Waals surface area contributed by atoms with Gasteiger partial charge in [0.15, 0.2) is 0 Å². The fourth-order valence-electron chi connectivity index (χ4n) is 5.96. The van der Waals surface area contributed by atoms with E-state index in [1.807, 2.05) is 30.3 Å². The van der Waals surface area contributed by atoms with Gasteiger partial charge in [0.1, 0.15) is 12.4 Å². The zero-order valence-corrected chi connectivity index (χ0v) is 15.2. The van der Waals surface area contributed by atoms with Gasteiger partial charge in [0, 0.05) is 6.04 Å². The lowest BCUT2D eigenvalue weighted by atomic mass is 9.48. The second-order valence-electron chi connectivity index (χ2n) is 8.56. The molecule has 2 N–H and O–H groups in total. The van der Waals surface area contributed by atoms with Gasteiger partial charge in [-0.15, -0.1) is 0 Å². The molecule has 4 bridgehead atoms. The molecule has 1 unspecified atom stereocenters. The van der Waals surface area contributed by atoms with Gasteiger partial charge in [-0.05, 0) is 80.8 Å². The highest BCUT2D eigenvalue weighted by atomic mass is 16.5. The van der Waals surface area contributed by atoms with Crippen LogP contribution in [-0.2, 0) is 0 Å². The summed E-state index contributed by atoms with van der Waals surface area (Å²) >= 11 is 0. The number of urea groups is 1. The largest absolute Gasteiger partial charge is 0.492 e. The smallest absolute Gasteiger partial charge is 0.315 e. The highest BCUT2D eigenvalue weighted by Gasteiger charge is 2.53. The van der Waals surface area contributed by atoms with Crippen LogP contribution in [0.1, 0.15) is 45.4 Å². The van der Waals surface area contributed by atoms with E-state index < -0.39 is 0 Å². The fourth-order valence-corrected chi connectivity index (χ4v) is 5.96. The summed E-state index contributed by atoms with van der Waals surface area (Å²) in [7, 11) is 0. The topological polar surface area (TPSA) is 50.4 Å². The molecular formula is C21H30N2O2. The number of nitrogens with one attached hydrogen (secondary N) is 2. The molecule has 4 nitrogen and oxygen atoms in total. The van der Waals surface area contributed by atoms with Gasteiger partial charge >= 0.3 is 6.03 Å². The van der Waals surface area contributed by atoms with Gasteiger partial charge in [-0.3, -0.25) is 0 Å². The van der Waals surface area contributed by atoms with Gasteiger partial charge < -0.3 is 15.4 Å². The quantitative estimate of drug-likeness (QED) is 0.769. The molecule has 0 heterocycles. The first kappa shape index (κ1) is 16.7.